The molecule has 5 heteroatoms. The molecule has 1 aliphatic rings. The maximum Gasteiger partial charge on any atom is 0.145 e. The number of aliphatic hydroxyl groups is 1. The highest BCUT2D eigenvalue weighted by atomic mass is 35.5. The van der Waals surface area contributed by atoms with Crippen LogP contribution in [-0.2, 0) is 0 Å². The lowest BCUT2D eigenvalue weighted by atomic mass is 9.85. The second-order valence-electron chi connectivity index (χ2n) is 5.33. The van der Waals surface area contributed by atoms with E-state index in [1.54, 1.807) is 26.4 Å². The number of rotatable bonds is 5. The lowest BCUT2D eigenvalue weighted by Gasteiger charge is -2.32. The van der Waals surface area contributed by atoms with E-state index in [4.69, 9.17) is 21.1 Å². The average Bonchev–Trinajstić information content (AvgIpc) is 2.46. The molecule has 1 saturated carbocycles. The third kappa shape index (κ3) is 3.49. The Bertz CT molecular complexity index is 459. The topological polar surface area (TPSA) is 50.7 Å². The van der Waals surface area contributed by atoms with Crippen LogP contribution in [0.5, 0.6) is 11.5 Å². The number of anilines is 1. The number of ether oxygens (including phenoxy) is 2. The van der Waals surface area contributed by atoms with Crippen LogP contribution in [0.25, 0.3) is 0 Å². The molecule has 112 valence electrons. The fraction of sp³-hybridized carbons (Fsp3) is 0.600. The molecule has 2 N–H and O–H groups in total. The highest BCUT2D eigenvalue weighted by Gasteiger charge is 2.29. The lowest BCUT2D eigenvalue weighted by Crippen LogP contribution is -2.38. The Morgan fingerprint density at radius 2 is 1.80 bits per heavy atom. The molecule has 0 atom stereocenters. The molecule has 0 saturated heterocycles. The van der Waals surface area contributed by atoms with Crippen LogP contribution in [0.3, 0.4) is 0 Å². The van der Waals surface area contributed by atoms with Gasteiger partial charge in [-0.15, -0.1) is 0 Å². The lowest BCUT2D eigenvalue weighted by molar-refractivity contribution is 0.0167. The van der Waals surface area contributed by atoms with Crippen LogP contribution in [0, 0.1) is 0 Å². The molecule has 4 nitrogen and oxygen atoms in total. The van der Waals surface area contributed by atoms with Gasteiger partial charge in [-0.3, -0.25) is 0 Å². The first-order valence-electron chi connectivity index (χ1n) is 6.96. The SMILES string of the molecule is COc1cc(OC)c(NCC2(O)CCCCC2)cc1Cl. The number of hydrogen-bond acceptors (Lipinski definition) is 4. The molecule has 0 radical (unpaired) electrons. The van der Waals surface area contributed by atoms with E-state index in [0.29, 0.717) is 23.1 Å². The number of benzene rings is 1. The first kappa shape index (κ1) is 15.3. The van der Waals surface area contributed by atoms with E-state index < -0.39 is 5.60 Å². The zero-order valence-corrected chi connectivity index (χ0v) is 12.8. The summed E-state index contributed by atoms with van der Waals surface area (Å²) in [5.41, 5.74) is 0.146. The first-order chi connectivity index (χ1) is 9.58. The maximum absolute atomic E-state index is 10.5. The molecule has 0 aliphatic heterocycles. The van der Waals surface area contributed by atoms with Crippen molar-refractivity contribution in [3.05, 3.63) is 17.2 Å². The maximum atomic E-state index is 10.5. The van der Waals surface area contributed by atoms with E-state index in [2.05, 4.69) is 5.32 Å². The van der Waals surface area contributed by atoms with E-state index in [1.165, 1.54) is 6.42 Å². The van der Waals surface area contributed by atoms with Crippen LogP contribution in [0.4, 0.5) is 5.69 Å². The summed E-state index contributed by atoms with van der Waals surface area (Å²) < 4.78 is 10.5. The molecule has 0 unspecified atom stereocenters. The van der Waals surface area contributed by atoms with Crippen molar-refractivity contribution in [2.45, 2.75) is 37.7 Å². The van der Waals surface area contributed by atoms with E-state index in [9.17, 15) is 5.11 Å². The number of hydrogen-bond donors (Lipinski definition) is 2. The Morgan fingerprint density at radius 3 is 2.40 bits per heavy atom. The minimum absolute atomic E-state index is 0.506. The van der Waals surface area contributed by atoms with E-state index in [1.807, 2.05) is 0 Å². The zero-order chi connectivity index (χ0) is 14.6. The van der Waals surface area contributed by atoms with Crippen molar-refractivity contribution in [1.82, 2.24) is 0 Å². The summed E-state index contributed by atoms with van der Waals surface area (Å²) in [6.07, 6.45) is 5.05. The molecule has 1 aliphatic carbocycles. The number of methoxy groups -OCH3 is 2. The molecule has 0 aromatic heterocycles. The van der Waals surface area contributed by atoms with Crippen LogP contribution < -0.4 is 14.8 Å². The van der Waals surface area contributed by atoms with Crippen molar-refractivity contribution >= 4 is 17.3 Å². The molecule has 0 amide bonds. The van der Waals surface area contributed by atoms with Crippen LogP contribution >= 0.6 is 11.6 Å². The summed E-state index contributed by atoms with van der Waals surface area (Å²) >= 11 is 6.13. The summed E-state index contributed by atoms with van der Waals surface area (Å²) in [6.45, 7) is 0.506. The largest absolute Gasteiger partial charge is 0.495 e. The second-order valence-corrected chi connectivity index (χ2v) is 5.73. The van der Waals surface area contributed by atoms with Gasteiger partial charge in [0.2, 0.25) is 0 Å². The van der Waals surface area contributed by atoms with Gasteiger partial charge in [-0.2, -0.15) is 0 Å². The van der Waals surface area contributed by atoms with Gasteiger partial charge in [-0.25, -0.2) is 0 Å². The molecule has 0 heterocycles. The summed E-state index contributed by atoms with van der Waals surface area (Å²) in [4.78, 5) is 0. The molecule has 1 fully saturated rings. The van der Waals surface area contributed by atoms with Crippen LogP contribution in [0.2, 0.25) is 5.02 Å². The van der Waals surface area contributed by atoms with Crippen molar-refractivity contribution in [2.75, 3.05) is 26.1 Å². The molecule has 2 rings (SSSR count). The third-order valence-corrected chi connectivity index (χ3v) is 4.16. The predicted molar refractivity (Wildman–Crippen MR) is 81.1 cm³/mol. The number of nitrogens with one attached hydrogen (secondary N) is 1. The standard InChI is InChI=1S/C15H22ClNO3/c1-19-13-9-14(20-2)12(8-11(13)16)17-10-15(18)6-4-3-5-7-15/h8-9,17-18H,3-7,10H2,1-2H3. The normalized spacial score (nSPS) is 17.6. The van der Waals surface area contributed by atoms with E-state index in [0.717, 1.165) is 31.4 Å². The minimum Gasteiger partial charge on any atom is -0.495 e. The molecule has 1 aromatic carbocycles. The smallest absolute Gasteiger partial charge is 0.145 e. The third-order valence-electron chi connectivity index (χ3n) is 3.87. The van der Waals surface area contributed by atoms with E-state index in [-0.39, 0.29) is 0 Å². The van der Waals surface area contributed by atoms with Gasteiger partial charge in [-0.05, 0) is 18.9 Å². The Balaban J connectivity index is 2.10. The molecule has 1 aromatic rings. The second kappa shape index (κ2) is 6.55. The fourth-order valence-corrected chi connectivity index (χ4v) is 2.89. The molecule has 0 spiro atoms. The van der Waals surface area contributed by atoms with Crippen LogP contribution in [0.15, 0.2) is 12.1 Å². The van der Waals surface area contributed by atoms with Crippen molar-refractivity contribution < 1.29 is 14.6 Å². The highest BCUT2D eigenvalue weighted by Crippen LogP contribution is 2.37. The Morgan fingerprint density at radius 1 is 1.15 bits per heavy atom. The van der Waals surface area contributed by atoms with Gasteiger partial charge in [0.25, 0.3) is 0 Å². The van der Waals surface area contributed by atoms with Gasteiger partial charge in [-0.1, -0.05) is 30.9 Å². The Labute approximate surface area is 125 Å². The molecular weight excluding hydrogens is 278 g/mol. The average molecular weight is 300 g/mol. The predicted octanol–water partition coefficient (Wildman–Crippen LogP) is 3.46. The van der Waals surface area contributed by atoms with Crippen molar-refractivity contribution in [3.8, 4) is 11.5 Å². The summed E-state index contributed by atoms with van der Waals surface area (Å²) in [7, 11) is 3.17. The van der Waals surface area contributed by atoms with Crippen LogP contribution in [0.1, 0.15) is 32.1 Å². The monoisotopic (exact) mass is 299 g/mol. The zero-order valence-electron chi connectivity index (χ0n) is 12.0. The van der Waals surface area contributed by atoms with Gasteiger partial charge >= 0.3 is 0 Å². The van der Waals surface area contributed by atoms with Gasteiger partial charge in [0.05, 0.1) is 30.5 Å². The van der Waals surface area contributed by atoms with Crippen molar-refractivity contribution in [3.63, 3.8) is 0 Å². The van der Waals surface area contributed by atoms with Gasteiger partial charge in [0.1, 0.15) is 11.5 Å². The molecule has 0 bridgehead atoms. The Hall–Kier alpha value is -1.13. The fourth-order valence-electron chi connectivity index (χ4n) is 2.64. The molecular formula is C15H22ClNO3. The minimum atomic E-state index is -0.629. The first-order valence-corrected chi connectivity index (χ1v) is 7.33. The van der Waals surface area contributed by atoms with Crippen LogP contribution in [-0.4, -0.2) is 31.5 Å². The molecule has 20 heavy (non-hydrogen) atoms. The quantitative estimate of drug-likeness (QED) is 0.874. The van der Waals surface area contributed by atoms with Crippen molar-refractivity contribution in [2.24, 2.45) is 0 Å². The van der Waals surface area contributed by atoms with Gasteiger partial charge < -0.3 is 19.9 Å². The van der Waals surface area contributed by atoms with Gasteiger partial charge in [0, 0.05) is 12.6 Å². The van der Waals surface area contributed by atoms with Crippen molar-refractivity contribution in [1.29, 1.82) is 0 Å². The summed E-state index contributed by atoms with van der Waals surface area (Å²) in [6, 6.07) is 3.51. The van der Waals surface area contributed by atoms with E-state index >= 15 is 0 Å². The summed E-state index contributed by atoms with van der Waals surface area (Å²) in [5, 5.41) is 14.3. The highest BCUT2D eigenvalue weighted by molar-refractivity contribution is 6.32. The van der Waals surface area contributed by atoms with Gasteiger partial charge in [0.15, 0.2) is 0 Å². The summed E-state index contributed by atoms with van der Waals surface area (Å²) in [5.74, 6) is 1.23. The number of halogens is 1. The Kier molecular flexibility index (Phi) is 5.00.